The van der Waals surface area contributed by atoms with Gasteiger partial charge in [-0.25, -0.2) is 0 Å². The molecule has 0 amide bonds. The maximum Gasteiger partial charge on any atom is 0.160 e. The third kappa shape index (κ3) is 3.48. The highest BCUT2D eigenvalue weighted by atomic mass is 16.5. The number of phenolic OH excluding ortho intramolecular Hbond substituents is 1. The number of aliphatic hydroxyl groups excluding tert-OH is 1. The van der Waals surface area contributed by atoms with Crippen LogP contribution < -0.4 is 10.1 Å². The maximum absolute atomic E-state index is 9.81. The van der Waals surface area contributed by atoms with Crippen molar-refractivity contribution >= 4 is 0 Å². The molecule has 0 radical (unpaired) electrons. The predicted octanol–water partition coefficient (Wildman–Crippen LogP) is 1.37. The lowest BCUT2D eigenvalue weighted by Gasteiger charge is -2.43. The minimum Gasteiger partial charge on any atom is -0.504 e. The van der Waals surface area contributed by atoms with E-state index in [1.54, 1.807) is 13.2 Å². The molecule has 1 fully saturated rings. The Hall–Kier alpha value is -1.30. The fourth-order valence-electron chi connectivity index (χ4n) is 3.05. The zero-order valence-corrected chi connectivity index (χ0v) is 13.1. The number of aliphatic hydroxyl groups is 1. The fraction of sp³-hybridized carbons (Fsp3) is 0.625. The van der Waals surface area contributed by atoms with Gasteiger partial charge in [0.25, 0.3) is 0 Å². The van der Waals surface area contributed by atoms with E-state index in [-0.39, 0.29) is 23.8 Å². The quantitative estimate of drug-likeness (QED) is 0.765. The summed E-state index contributed by atoms with van der Waals surface area (Å²) in [6.45, 7) is 8.03. The molecule has 0 bridgehead atoms. The number of hydrogen-bond donors (Lipinski definition) is 3. The van der Waals surface area contributed by atoms with Crippen molar-refractivity contribution in [3.8, 4) is 11.5 Å². The molecular weight excluding hydrogens is 268 g/mol. The molecule has 1 saturated heterocycles. The summed E-state index contributed by atoms with van der Waals surface area (Å²) >= 11 is 0. The summed E-state index contributed by atoms with van der Waals surface area (Å²) < 4.78 is 5.23. The summed E-state index contributed by atoms with van der Waals surface area (Å²) in [6.07, 6.45) is 0. The second kappa shape index (κ2) is 6.64. The summed E-state index contributed by atoms with van der Waals surface area (Å²) in [7, 11) is 1.55. The van der Waals surface area contributed by atoms with Crippen LogP contribution in [-0.4, -0.2) is 55.0 Å². The molecule has 1 heterocycles. The van der Waals surface area contributed by atoms with E-state index in [4.69, 9.17) is 4.74 Å². The van der Waals surface area contributed by atoms with Crippen LogP contribution in [0.15, 0.2) is 18.2 Å². The molecule has 0 saturated carbocycles. The van der Waals surface area contributed by atoms with Gasteiger partial charge >= 0.3 is 0 Å². The topological polar surface area (TPSA) is 65.0 Å². The molecular formula is C16H26N2O3. The second-order valence-electron chi connectivity index (χ2n) is 6.27. The highest BCUT2D eigenvalue weighted by molar-refractivity contribution is 5.43. The van der Waals surface area contributed by atoms with Gasteiger partial charge in [-0.3, -0.25) is 4.90 Å². The normalized spacial score (nSPS) is 18.5. The molecule has 2 rings (SSSR count). The van der Waals surface area contributed by atoms with Gasteiger partial charge in [-0.1, -0.05) is 19.9 Å². The Bertz CT molecular complexity index is 471. The summed E-state index contributed by atoms with van der Waals surface area (Å²) in [5, 5.41) is 23.0. The average molecular weight is 294 g/mol. The average Bonchev–Trinajstić information content (AvgIpc) is 2.50. The van der Waals surface area contributed by atoms with Crippen LogP contribution in [0.4, 0.5) is 0 Å². The summed E-state index contributed by atoms with van der Waals surface area (Å²) in [4.78, 5) is 2.39. The summed E-state index contributed by atoms with van der Waals surface area (Å²) in [5.74, 6) is 0.614. The Morgan fingerprint density at radius 2 is 2.00 bits per heavy atom. The first kappa shape index (κ1) is 16.1. The third-order valence-electron chi connectivity index (χ3n) is 4.18. The minimum absolute atomic E-state index is 0.0825. The predicted molar refractivity (Wildman–Crippen MR) is 82.7 cm³/mol. The number of piperazine rings is 1. The van der Waals surface area contributed by atoms with Gasteiger partial charge in [0.1, 0.15) is 0 Å². The molecule has 3 N–H and O–H groups in total. The minimum atomic E-state index is -0.278. The Labute approximate surface area is 126 Å². The van der Waals surface area contributed by atoms with Gasteiger partial charge in [-0.15, -0.1) is 0 Å². The van der Waals surface area contributed by atoms with Crippen LogP contribution in [0.2, 0.25) is 0 Å². The molecule has 118 valence electrons. The van der Waals surface area contributed by atoms with Gasteiger partial charge in [0.05, 0.1) is 7.11 Å². The zero-order valence-electron chi connectivity index (χ0n) is 13.1. The first-order valence-corrected chi connectivity index (χ1v) is 7.42. The van der Waals surface area contributed by atoms with E-state index < -0.39 is 0 Å². The number of aromatic hydroxyl groups is 1. The molecule has 1 atom stereocenters. The third-order valence-corrected chi connectivity index (χ3v) is 4.18. The van der Waals surface area contributed by atoms with Crippen molar-refractivity contribution in [2.75, 3.05) is 39.9 Å². The Morgan fingerprint density at radius 1 is 1.33 bits per heavy atom. The zero-order chi connectivity index (χ0) is 15.5. The van der Waals surface area contributed by atoms with E-state index >= 15 is 0 Å². The molecule has 5 nitrogen and oxygen atoms in total. The smallest absolute Gasteiger partial charge is 0.160 e. The van der Waals surface area contributed by atoms with E-state index in [1.807, 2.05) is 12.1 Å². The van der Waals surface area contributed by atoms with Crippen molar-refractivity contribution < 1.29 is 14.9 Å². The van der Waals surface area contributed by atoms with Crippen molar-refractivity contribution in [1.29, 1.82) is 0 Å². The number of rotatable bonds is 5. The van der Waals surface area contributed by atoms with Crippen LogP contribution in [0.5, 0.6) is 11.5 Å². The number of benzene rings is 1. The Morgan fingerprint density at radius 3 is 2.57 bits per heavy atom. The molecule has 0 unspecified atom stereocenters. The first-order chi connectivity index (χ1) is 9.99. The molecule has 1 aromatic carbocycles. The number of methoxy groups -OCH3 is 1. The number of ether oxygens (including phenoxy) is 1. The van der Waals surface area contributed by atoms with E-state index in [2.05, 4.69) is 24.1 Å². The molecule has 1 aliphatic rings. The standard InChI is InChI=1S/C16H26N2O3/c1-16(2,11-19)15(18-8-6-17-7-9-18)12-4-5-13(20)14(10-12)21-3/h4-5,10,15,17,19-20H,6-9,11H2,1-3H3/t15-/m1/s1. The van der Waals surface area contributed by atoms with Gasteiger partial charge in [-0.05, 0) is 17.7 Å². The largest absolute Gasteiger partial charge is 0.504 e. The highest BCUT2D eigenvalue weighted by Crippen LogP contribution is 2.40. The van der Waals surface area contributed by atoms with Gasteiger partial charge in [-0.2, -0.15) is 0 Å². The van der Waals surface area contributed by atoms with Crippen molar-refractivity contribution in [3.05, 3.63) is 23.8 Å². The lowest BCUT2D eigenvalue weighted by Crippen LogP contribution is -2.49. The lowest BCUT2D eigenvalue weighted by atomic mass is 9.79. The molecule has 0 aliphatic carbocycles. The van der Waals surface area contributed by atoms with Gasteiger partial charge < -0.3 is 20.3 Å². The molecule has 1 aliphatic heterocycles. The number of nitrogens with zero attached hydrogens (tertiary/aromatic N) is 1. The van der Waals surface area contributed by atoms with Crippen molar-refractivity contribution in [2.24, 2.45) is 5.41 Å². The van der Waals surface area contributed by atoms with Crippen molar-refractivity contribution in [3.63, 3.8) is 0 Å². The van der Waals surface area contributed by atoms with Crippen LogP contribution >= 0.6 is 0 Å². The van der Waals surface area contributed by atoms with E-state index in [9.17, 15) is 10.2 Å². The maximum atomic E-state index is 9.81. The second-order valence-corrected chi connectivity index (χ2v) is 6.27. The van der Waals surface area contributed by atoms with Crippen LogP contribution in [0.3, 0.4) is 0 Å². The number of nitrogens with one attached hydrogen (secondary N) is 1. The summed E-state index contributed by atoms with van der Waals surface area (Å²) in [5.41, 5.74) is 0.782. The monoisotopic (exact) mass is 294 g/mol. The first-order valence-electron chi connectivity index (χ1n) is 7.42. The fourth-order valence-corrected chi connectivity index (χ4v) is 3.05. The lowest BCUT2D eigenvalue weighted by molar-refractivity contribution is 0.0304. The molecule has 0 spiro atoms. The van der Waals surface area contributed by atoms with Crippen LogP contribution in [0, 0.1) is 5.41 Å². The number of phenols is 1. The summed E-state index contributed by atoms with van der Waals surface area (Å²) in [6, 6.07) is 5.54. The Balaban J connectivity index is 2.38. The van der Waals surface area contributed by atoms with Crippen molar-refractivity contribution in [1.82, 2.24) is 10.2 Å². The number of hydrogen-bond acceptors (Lipinski definition) is 5. The SMILES string of the molecule is COc1cc([C@@H](N2CCNCC2)C(C)(C)CO)ccc1O. The molecule has 21 heavy (non-hydrogen) atoms. The molecule has 1 aromatic rings. The van der Waals surface area contributed by atoms with Gasteiger partial charge in [0, 0.05) is 44.2 Å². The van der Waals surface area contributed by atoms with Crippen LogP contribution in [0.25, 0.3) is 0 Å². The van der Waals surface area contributed by atoms with Crippen molar-refractivity contribution in [2.45, 2.75) is 19.9 Å². The molecule has 0 aromatic heterocycles. The van der Waals surface area contributed by atoms with Gasteiger partial charge in [0.15, 0.2) is 11.5 Å². The highest BCUT2D eigenvalue weighted by Gasteiger charge is 2.35. The molecule has 5 heteroatoms. The van der Waals surface area contributed by atoms with Gasteiger partial charge in [0.2, 0.25) is 0 Å². The van der Waals surface area contributed by atoms with Crippen LogP contribution in [0.1, 0.15) is 25.5 Å². The Kier molecular flexibility index (Phi) is 5.08. The van der Waals surface area contributed by atoms with Crippen LogP contribution in [-0.2, 0) is 0 Å². The van der Waals surface area contributed by atoms with E-state index in [0.29, 0.717) is 5.75 Å². The van der Waals surface area contributed by atoms with E-state index in [1.165, 1.54) is 0 Å². The van der Waals surface area contributed by atoms with E-state index in [0.717, 1.165) is 31.7 Å².